The minimum Gasteiger partial charge on any atom is -0.480 e. The molecule has 1 rings (SSSR count). The predicted molar refractivity (Wildman–Crippen MR) is 64.8 cm³/mol. The SMILES string of the molecule is CCCC[C@H](NC(=O)c1coc(Br)c1)C(=O)O. The molecular formula is C11H14BrNO4. The molecule has 0 radical (unpaired) electrons. The van der Waals surface area contributed by atoms with Crippen LogP contribution in [-0.4, -0.2) is 23.0 Å². The van der Waals surface area contributed by atoms with Gasteiger partial charge in [-0.25, -0.2) is 4.79 Å². The maximum absolute atomic E-state index is 11.7. The number of nitrogens with one attached hydrogen (secondary N) is 1. The second-order valence-electron chi connectivity index (χ2n) is 3.65. The van der Waals surface area contributed by atoms with Crippen LogP contribution in [0.5, 0.6) is 0 Å². The molecule has 0 fully saturated rings. The van der Waals surface area contributed by atoms with Crippen LogP contribution in [0.3, 0.4) is 0 Å². The number of carboxylic acid groups (broad SMARTS) is 1. The molecule has 0 aromatic carbocycles. The van der Waals surface area contributed by atoms with Crippen molar-refractivity contribution in [2.24, 2.45) is 0 Å². The fourth-order valence-electron chi connectivity index (χ4n) is 1.34. The molecule has 5 nitrogen and oxygen atoms in total. The summed E-state index contributed by atoms with van der Waals surface area (Å²) in [5.74, 6) is -1.46. The van der Waals surface area contributed by atoms with E-state index in [4.69, 9.17) is 9.52 Å². The number of carbonyl (C=O) groups excluding carboxylic acids is 1. The molecular weight excluding hydrogens is 290 g/mol. The second-order valence-corrected chi connectivity index (χ2v) is 4.43. The highest BCUT2D eigenvalue weighted by atomic mass is 79.9. The first kappa shape index (κ1) is 13.8. The Morgan fingerprint density at radius 3 is 2.76 bits per heavy atom. The van der Waals surface area contributed by atoms with Crippen molar-refractivity contribution in [2.45, 2.75) is 32.2 Å². The van der Waals surface area contributed by atoms with Gasteiger partial charge >= 0.3 is 5.97 Å². The summed E-state index contributed by atoms with van der Waals surface area (Å²) >= 11 is 3.07. The predicted octanol–water partition coefficient (Wildman–Crippen LogP) is 2.42. The van der Waals surface area contributed by atoms with E-state index < -0.39 is 17.9 Å². The number of halogens is 1. The maximum Gasteiger partial charge on any atom is 0.326 e. The van der Waals surface area contributed by atoms with Gasteiger partial charge in [-0.1, -0.05) is 19.8 Å². The maximum atomic E-state index is 11.7. The van der Waals surface area contributed by atoms with E-state index >= 15 is 0 Å². The molecule has 94 valence electrons. The average Bonchev–Trinajstić information content (AvgIpc) is 2.70. The van der Waals surface area contributed by atoms with Gasteiger partial charge in [0.15, 0.2) is 4.67 Å². The molecule has 1 heterocycles. The lowest BCUT2D eigenvalue weighted by atomic mass is 10.1. The van der Waals surface area contributed by atoms with E-state index in [0.29, 0.717) is 16.7 Å². The molecule has 17 heavy (non-hydrogen) atoms. The summed E-state index contributed by atoms with van der Waals surface area (Å²) in [5, 5.41) is 11.4. The van der Waals surface area contributed by atoms with E-state index in [2.05, 4.69) is 21.2 Å². The summed E-state index contributed by atoms with van der Waals surface area (Å²) in [6, 6.07) is 0.643. The quantitative estimate of drug-likeness (QED) is 0.846. The highest BCUT2D eigenvalue weighted by Gasteiger charge is 2.20. The van der Waals surface area contributed by atoms with E-state index in [0.717, 1.165) is 12.8 Å². The molecule has 0 aliphatic rings. The van der Waals surface area contributed by atoms with Crippen molar-refractivity contribution in [3.05, 3.63) is 22.6 Å². The number of unbranched alkanes of at least 4 members (excludes halogenated alkanes) is 1. The largest absolute Gasteiger partial charge is 0.480 e. The molecule has 0 spiro atoms. The van der Waals surface area contributed by atoms with Gasteiger partial charge in [-0.05, 0) is 22.4 Å². The van der Waals surface area contributed by atoms with E-state index in [-0.39, 0.29) is 0 Å². The fourth-order valence-corrected chi connectivity index (χ4v) is 1.68. The number of aliphatic carboxylic acids is 1. The number of carboxylic acids is 1. The number of hydrogen-bond acceptors (Lipinski definition) is 3. The van der Waals surface area contributed by atoms with Crippen LogP contribution in [0.4, 0.5) is 0 Å². The molecule has 1 atom stereocenters. The monoisotopic (exact) mass is 303 g/mol. The minimum absolute atomic E-state index is 0.305. The Balaban J connectivity index is 2.60. The Kier molecular flexibility index (Phi) is 5.21. The lowest BCUT2D eigenvalue weighted by Gasteiger charge is -2.12. The van der Waals surface area contributed by atoms with Gasteiger partial charge in [0.05, 0.1) is 5.56 Å². The van der Waals surface area contributed by atoms with Gasteiger partial charge in [0.25, 0.3) is 5.91 Å². The van der Waals surface area contributed by atoms with Gasteiger partial charge in [-0.2, -0.15) is 0 Å². The summed E-state index contributed by atoms with van der Waals surface area (Å²) in [5.41, 5.74) is 0.305. The zero-order chi connectivity index (χ0) is 12.8. The summed E-state index contributed by atoms with van der Waals surface area (Å²) < 4.78 is 5.35. The van der Waals surface area contributed by atoms with Crippen LogP contribution in [0.15, 0.2) is 21.4 Å². The zero-order valence-corrected chi connectivity index (χ0v) is 11.0. The third-order valence-corrected chi connectivity index (χ3v) is 2.70. The van der Waals surface area contributed by atoms with Crippen LogP contribution in [0.1, 0.15) is 36.5 Å². The Morgan fingerprint density at radius 1 is 1.59 bits per heavy atom. The van der Waals surface area contributed by atoms with E-state index in [9.17, 15) is 9.59 Å². The Morgan fingerprint density at radius 2 is 2.29 bits per heavy atom. The van der Waals surface area contributed by atoms with Crippen molar-refractivity contribution in [1.82, 2.24) is 5.32 Å². The highest BCUT2D eigenvalue weighted by Crippen LogP contribution is 2.14. The third kappa shape index (κ3) is 4.22. The van der Waals surface area contributed by atoms with E-state index in [1.165, 1.54) is 12.3 Å². The summed E-state index contributed by atoms with van der Waals surface area (Å²) in [7, 11) is 0. The fraction of sp³-hybridized carbons (Fsp3) is 0.455. The van der Waals surface area contributed by atoms with Crippen LogP contribution >= 0.6 is 15.9 Å². The summed E-state index contributed by atoms with van der Waals surface area (Å²) in [4.78, 5) is 22.6. The number of hydrogen-bond donors (Lipinski definition) is 2. The van der Waals surface area contributed by atoms with Crippen molar-refractivity contribution in [3.8, 4) is 0 Å². The van der Waals surface area contributed by atoms with Crippen molar-refractivity contribution < 1.29 is 19.1 Å². The molecule has 0 bridgehead atoms. The van der Waals surface area contributed by atoms with Gasteiger partial charge < -0.3 is 14.8 Å². The van der Waals surface area contributed by atoms with E-state index in [1.54, 1.807) is 0 Å². The molecule has 1 aromatic heterocycles. The number of carbonyl (C=O) groups is 2. The molecule has 0 aliphatic heterocycles. The Labute approximate surface area is 107 Å². The molecule has 2 N–H and O–H groups in total. The smallest absolute Gasteiger partial charge is 0.326 e. The molecule has 0 aliphatic carbocycles. The van der Waals surface area contributed by atoms with Crippen molar-refractivity contribution in [2.75, 3.05) is 0 Å². The van der Waals surface area contributed by atoms with Crippen LogP contribution in [0.25, 0.3) is 0 Å². The highest BCUT2D eigenvalue weighted by molar-refractivity contribution is 9.10. The normalized spacial score (nSPS) is 12.1. The Hall–Kier alpha value is -1.30. The molecule has 1 aromatic rings. The molecule has 6 heteroatoms. The van der Waals surface area contributed by atoms with E-state index in [1.807, 2.05) is 6.92 Å². The van der Waals surface area contributed by atoms with Gasteiger partial charge in [0.2, 0.25) is 0 Å². The minimum atomic E-state index is -1.02. The number of amides is 1. The number of furan rings is 1. The second kappa shape index (κ2) is 6.44. The number of rotatable bonds is 6. The van der Waals surface area contributed by atoms with Crippen molar-refractivity contribution >= 4 is 27.8 Å². The Bertz CT molecular complexity index is 402. The zero-order valence-electron chi connectivity index (χ0n) is 9.40. The van der Waals surface area contributed by atoms with Crippen LogP contribution in [0, 0.1) is 0 Å². The van der Waals surface area contributed by atoms with Gasteiger partial charge in [-0.3, -0.25) is 4.79 Å². The third-order valence-electron chi connectivity index (χ3n) is 2.28. The lowest BCUT2D eigenvalue weighted by molar-refractivity contribution is -0.139. The van der Waals surface area contributed by atoms with Gasteiger partial charge in [0, 0.05) is 6.07 Å². The van der Waals surface area contributed by atoms with Crippen LogP contribution in [-0.2, 0) is 4.79 Å². The van der Waals surface area contributed by atoms with Gasteiger partial charge in [0.1, 0.15) is 12.3 Å². The molecule has 1 amide bonds. The van der Waals surface area contributed by atoms with Crippen LogP contribution in [0.2, 0.25) is 0 Å². The van der Waals surface area contributed by atoms with Crippen LogP contribution < -0.4 is 5.32 Å². The van der Waals surface area contributed by atoms with Gasteiger partial charge in [-0.15, -0.1) is 0 Å². The molecule has 0 saturated carbocycles. The summed E-state index contributed by atoms with van der Waals surface area (Å²) in [6.07, 6.45) is 3.35. The topological polar surface area (TPSA) is 79.5 Å². The standard InChI is InChI=1S/C11H14BrNO4/c1-2-3-4-8(11(15)16)13-10(14)7-5-9(12)17-6-7/h5-6,8H,2-4H2,1H3,(H,13,14)(H,15,16)/t8-/m0/s1. The van der Waals surface area contributed by atoms with Crippen molar-refractivity contribution in [3.63, 3.8) is 0 Å². The lowest BCUT2D eigenvalue weighted by Crippen LogP contribution is -2.40. The molecule has 0 saturated heterocycles. The average molecular weight is 304 g/mol. The van der Waals surface area contributed by atoms with Crippen molar-refractivity contribution in [1.29, 1.82) is 0 Å². The molecule has 0 unspecified atom stereocenters. The first-order chi connectivity index (χ1) is 8.04. The first-order valence-electron chi connectivity index (χ1n) is 5.32. The first-order valence-corrected chi connectivity index (χ1v) is 6.11. The summed E-state index contributed by atoms with van der Waals surface area (Å²) in [6.45, 7) is 1.97.